The topological polar surface area (TPSA) is 36.3 Å². The number of likely N-dealkylation sites (N-methyl/N-ethyl adjacent to an activating group) is 1. The van der Waals surface area contributed by atoms with Gasteiger partial charge in [0.2, 0.25) is 0 Å². The Morgan fingerprint density at radius 2 is 1.82 bits per heavy atom. The molecule has 2 heterocycles. The maximum Gasteiger partial charge on any atom is 0.0951 e. The number of piperazine rings is 1. The van der Waals surface area contributed by atoms with Gasteiger partial charge in [-0.1, -0.05) is 66.7 Å². The molecule has 1 atom stereocenters. The van der Waals surface area contributed by atoms with Gasteiger partial charge in [-0.25, -0.2) is 4.98 Å². The highest BCUT2D eigenvalue weighted by Crippen LogP contribution is 2.14. The molecule has 5 nitrogen and oxygen atoms in total. The minimum Gasteiger partial charge on any atom is -0.387 e. The first-order chi connectivity index (χ1) is 16.1. The van der Waals surface area contributed by atoms with Crippen LogP contribution in [0.15, 0.2) is 79.4 Å². The number of hydrogen-bond acceptors (Lipinski definition) is 4. The van der Waals surface area contributed by atoms with E-state index in [0.29, 0.717) is 6.04 Å². The molecule has 0 saturated carbocycles. The lowest BCUT2D eigenvalue weighted by Gasteiger charge is -2.40. The number of rotatable bonds is 10. The summed E-state index contributed by atoms with van der Waals surface area (Å²) in [7, 11) is 2.21. The van der Waals surface area contributed by atoms with E-state index in [1.807, 2.05) is 12.5 Å². The lowest BCUT2D eigenvalue weighted by atomic mass is 10.1. The molecule has 3 aromatic rings. The van der Waals surface area contributed by atoms with Crippen molar-refractivity contribution in [3.63, 3.8) is 0 Å². The van der Waals surface area contributed by atoms with Crippen molar-refractivity contribution in [2.45, 2.75) is 32.4 Å². The zero-order valence-electron chi connectivity index (χ0n) is 20.1. The number of benzene rings is 2. The molecule has 33 heavy (non-hydrogen) atoms. The van der Waals surface area contributed by atoms with E-state index in [4.69, 9.17) is 0 Å². The van der Waals surface area contributed by atoms with Gasteiger partial charge in [-0.05, 0) is 31.5 Å². The third-order valence-corrected chi connectivity index (χ3v) is 6.70. The second-order valence-corrected chi connectivity index (χ2v) is 9.23. The normalized spacial score (nSPS) is 17.2. The minimum absolute atomic E-state index is 0.339. The second-order valence-electron chi connectivity index (χ2n) is 9.23. The van der Waals surface area contributed by atoms with Crippen LogP contribution in [0.5, 0.6) is 0 Å². The largest absolute Gasteiger partial charge is 0.387 e. The second kappa shape index (κ2) is 11.3. The summed E-state index contributed by atoms with van der Waals surface area (Å²) in [5, 5.41) is 3.61. The summed E-state index contributed by atoms with van der Waals surface area (Å²) in [6, 6.07) is 19.8. The van der Waals surface area contributed by atoms with E-state index in [1.165, 1.54) is 22.4 Å². The molecule has 1 aromatic heterocycles. The molecule has 0 radical (unpaired) electrons. The Balaban J connectivity index is 1.25. The Morgan fingerprint density at radius 1 is 1.03 bits per heavy atom. The number of nitrogens with zero attached hydrogens (tertiary/aromatic N) is 4. The Labute approximate surface area is 198 Å². The van der Waals surface area contributed by atoms with Crippen LogP contribution in [0.2, 0.25) is 0 Å². The van der Waals surface area contributed by atoms with E-state index in [-0.39, 0.29) is 0 Å². The lowest BCUT2D eigenvalue weighted by Crippen LogP contribution is -2.54. The Morgan fingerprint density at radius 3 is 2.61 bits per heavy atom. The van der Waals surface area contributed by atoms with Gasteiger partial charge in [0.05, 0.1) is 12.4 Å². The van der Waals surface area contributed by atoms with Crippen LogP contribution in [0, 0.1) is 6.92 Å². The van der Waals surface area contributed by atoms with Crippen molar-refractivity contribution in [3.05, 3.63) is 102 Å². The fourth-order valence-corrected chi connectivity index (χ4v) is 4.50. The van der Waals surface area contributed by atoms with Crippen LogP contribution in [-0.4, -0.2) is 65.2 Å². The van der Waals surface area contributed by atoms with Gasteiger partial charge < -0.3 is 9.88 Å². The SMILES string of the molecule is C=C(NCCc1cncn1Cc1ccccc1)C1CN(CCc2ccc(C)cc2)CCN1C. The molecular weight excluding hydrogens is 406 g/mol. The van der Waals surface area contributed by atoms with E-state index >= 15 is 0 Å². The van der Waals surface area contributed by atoms with Crippen LogP contribution in [-0.2, 0) is 19.4 Å². The third-order valence-electron chi connectivity index (χ3n) is 6.70. The molecular formula is C28H37N5. The van der Waals surface area contributed by atoms with E-state index in [2.05, 4.69) is 99.8 Å². The first-order valence-electron chi connectivity index (χ1n) is 12.0. The molecule has 0 aliphatic carbocycles. The highest BCUT2D eigenvalue weighted by Gasteiger charge is 2.26. The average Bonchev–Trinajstić information content (AvgIpc) is 3.27. The van der Waals surface area contributed by atoms with Gasteiger partial charge in [-0.15, -0.1) is 0 Å². The van der Waals surface area contributed by atoms with Gasteiger partial charge in [-0.3, -0.25) is 9.80 Å². The molecule has 1 unspecified atom stereocenters. The number of hydrogen-bond donors (Lipinski definition) is 1. The van der Waals surface area contributed by atoms with Gasteiger partial charge in [0, 0.05) is 63.3 Å². The molecule has 0 amide bonds. The van der Waals surface area contributed by atoms with Gasteiger partial charge >= 0.3 is 0 Å². The van der Waals surface area contributed by atoms with Crippen LogP contribution in [0.25, 0.3) is 0 Å². The molecule has 174 valence electrons. The van der Waals surface area contributed by atoms with Crippen LogP contribution < -0.4 is 5.32 Å². The molecule has 2 aromatic carbocycles. The predicted octanol–water partition coefficient (Wildman–Crippen LogP) is 3.74. The molecule has 0 bridgehead atoms. The highest BCUT2D eigenvalue weighted by atomic mass is 15.3. The quantitative estimate of drug-likeness (QED) is 0.518. The smallest absolute Gasteiger partial charge is 0.0951 e. The van der Waals surface area contributed by atoms with Gasteiger partial charge in [0.25, 0.3) is 0 Å². The summed E-state index contributed by atoms with van der Waals surface area (Å²) in [4.78, 5) is 9.38. The monoisotopic (exact) mass is 443 g/mol. The van der Waals surface area contributed by atoms with Gasteiger partial charge in [-0.2, -0.15) is 0 Å². The van der Waals surface area contributed by atoms with Crippen LogP contribution >= 0.6 is 0 Å². The van der Waals surface area contributed by atoms with Crippen LogP contribution in [0.4, 0.5) is 0 Å². The number of nitrogens with one attached hydrogen (secondary N) is 1. The summed E-state index contributed by atoms with van der Waals surface area (Å²) >= 11 is 0. The zero-order valence-corrected chi connectivity index (χ0v) is 20.1. The van der Waals surface area contributed by atoms with E-state index < -0.39 is 0 Å². The molecule has 4 rings (SSSR count). The fraction of sp³-hybridized carbons (Fsp3) is 0.393. The first-order valence-corrected chi connectivity index (χ1v) is 12.0. The van der Waals surface area contributed by atoms with Crippen molar-refractivity contribution in [1.29, 1.82) is 0 Å². The maximum atomic E-state index is 4.40. The van der Waals surface area contributed by atoms with Crippen molar-refractivity contribution in [1.82, 2.24) is 24.7 Å². The van der Waals surface area contributed by atoms with Crippen molar-refractivity contribution in [3.8, 4) is 0 Å². The maximum absolute atomic E-state index is 4.40. The summed E-state index contributed by atoms with van der Waals surface area (Å²) in [5.41, 5.74) is 6.40. The summed E-state index contributed by atoms with van der Waals surface area (Å²) in [6.07, 6.45) is 5.94. The van der Waals surface area contributed by atoms with Crippen LogP contribution in [0.1, 0.15) is 22.4 Å². The minimum atomic E-state index is 0.339. The number of aromatic nitrogens is 2. The Bertz CT molecular complexity index is 1010. The molecule has 1 N–H and O–H groups in total. The Kier molecular flexibility index (Phi) is 7.97. The van der Waals surface area contributed by atoms with Crippen molar-refractivity contribution in [2.24, 2.45) is 0 Å². The van der Waals surface area contributed by atoms with E-state index in [1.54, 1.807) is 0 Å². The van der Waals surface area contributed by atoms with Gasteiger partial charge in [0.15, 0.2) is 0 Å². The van der Waals surface area contributed by atoms with Crippen molar-refractivity contribution < 1.29 is 0 Å². The van der Waals surface area contributed by atoms with Crippen molar-refractivity contribution >= 4 is 0 Å². The standard InChI is InChI=1S/C28H37N5/c1-23-9-11-25(12-10-23)14-16-32-18-17-31(3)28(21-32)24(2)30-15-13-27-19-29-22-33(27)20-26-7-5-4-6-8-26/h4-12,19,22,28,30H,2,13-18,20-21H2,1,3H3. The van der Waals surface area contributed by atoms with Crippen LogP contribution in [0.3, 0.4) is 0 Å². The summed E-state index contributed by atoms with van der Waals surface area (Å²) in [6.45, 7) is 12.6. The number of aryl methyl sites for hydroxylation is 1. The molecule has 1 aliphatic rings. The molecule has 1 aliphatic heterocycles. The molecule has 0 spiro atoms. The first kappa shape index (κ1) is 23.3. The zero-order chi connectivity index (χ0) is 23.0. The summed E-state index contributed by atoms with van der Waals surface area (Å²) in [5.74, 6) is 0. The Hall–Kier alpha value is -2.89. The summed E-state index contributed by atoms with van der Waals surface area (Å²) < 4.78 is 2.24. The molecule has 1 saturated heterocycles. The lowest BCUT2D eigenvalue weighted by molar-refractivity contribution is 0.111. The fourth-order valence-electron chi connectivity index (χ4n) is 4.50. The van der Waals surface area contributed by atoms with Crippen molar-refractivity contribution in [2.75, 3.05) is 39.8 Å². The van der Waals surface area contributed by atoms with E-state index in [0.717, 1.165) is 57.8 Å². The molecule has 1 fully saturated rings. The third kappa shape index (κ3) is 6.56. The molecule has 5 heteroatoms. The number of imidazole rings is 1. The van der Waals surface area contributed by atoms with E-state index in [9.17, 15) is 0 Å². The highest BCUT2D eigenvalue weighted by molar-refractivity contribution is 5.21. The van der Waals surface area contributed by atoms with Gasteiger partial charge in [0.1, 0.15) is 0 Å². The predicted molar refractivity (Wildman–Crippen MR) is 136 cm³/mol. The average molecular weight is 444 g/mol.